The van der Waals surface area contributed by atoms with Gasteiger partial charge >= 0.3 is 0 Å². The van der Waals surface area contributed by atoms with Gasteiger partial charge in [0.05, 0.1) is 12.6 Å². The topological polar surface area (TPSA) is 36.3 Å². The van der Waals surface area contributed by atoms with Crippen LogP contribution in [0.3, 0.4) is 0 Å². The van der Waals surface area contributed by atoms with E-state index in [-0.39, 0.29) is 0 Å². The molecule has 4 rings (SSSR count). The predicted molar refractivity (Wildman–Crippen MR) is 117 cm³/mol. The van der Waals surface area contributed by atoms with E-state index in [1.54, 1.807) is 7.11 Å². The van der Waals surface area contributed by atoms with E-state index < -0.39 is 0 Å². The van der Waals surface area contributed by atoms with E-state index >= 15 is 0 Å². The number of fused-ring (bicyclic) bond motifs is 1. The zero-order valence-electron chi connectivity index (χ0n) is 16.8. The average Bonchev–Trinajstić information content (AvgIpc) is 2.99. The summed E-state index contributed by atoms with van der Waals surface area (Å²) in [5.74, 6) is 1.63. The number of hydrogen-bond donors (Lipinski definition) is 0. The third-order valence-corrected chi connectivity index (χ3v) is 5.54. The first kappa shape index (κ1) is 19.3. The van der Waals surface area contributed by atoms with Crippen LogP contribution in [0.1, 0.15) is 22.5 Å². The summed E-state index contributed by atoms with van der Waals surface area (Å²) < 4.78 is 13.7. The Morgan fingerprint density at radius 3 is 2.55 bits per heavy atom. The second-order valence-corrected chi connectivity index (χ2v) is 7.48. The van der Waals surface area contributed by atoms with Gasteiger partial charge in [0.2, 0.25) is 0 Å². The smallest absolute Gasteiger partial charge is 0.132 e. The second-order valence-electron chi connectivity index (χ2n) is 7.04. The van der Waals surface area contributed by atoms with Crippen LogP contribution in [0.15, 0.2) is 60.8 Å². The van der Waals surface area contributed by atoms with Gasteiger partial charge in [-0.1, -0.05) is 23.7 Å². The Bertz CT molecular complexity index is 1150. The van der Waals surface area contributed by atoms with Crippen molar-refractivity contribution in [3.8, 4) is 11.5 Å². The van der Waals surface area contributed by atoms with Crippen molar-refractivity contribution in [2.24, 2.45) is 0 Å². The number of halogens is 1. The molecule has 0 radical (unpaired) electrons. The van der Waals surface area contributed by atoms with Crippen LogP contribution in [0.4, 0.5) is 0 Å². The molecule has 0 saturated heterocycles. The lowest BCUT2D eigenvalue weighted by atomic mass is 10.2. The summed E-state index contributed by atoms with van der Waals surface area (Å²) in [4.78, 5) is 4.63. The van der Waals surface area contributed by atoms with Crippen LogP contribution in [0, 0.1) is 13.8 Å². The first-order chi connectivity index (χ1) is 14.1. The van der Waals surface area contributed by atoms with Gasteiger partial charge in [0.15, 0.2) is 0 Å². The quantitative estimate of drug-likeness (QED) is 0.397. The summed E-state index contributed by atoms with van der Waals surface area (Å²) in [6, 6.07) is 17.6. The maximum Gasteiger partial charge on any atom is 0.132 e. The molecule has 5 heteroatoms. The van der Waals surface area contributed by atoms with E-state index in [2.05, 4.69) is 41.6 Å². The van der Waals surface area contributed by atoms with Crippen LogP contribution in [0.5, 0.6) is 11.5 Å². The second kappa shape index (κ2) is 8.18. The summed E-state index contributed by atoms with van der Waals surface area (Å²) in [6.07, 6.45) is 1.85. The van der Waals surface area contributed by atoms with Crippen LogP contribution >= 0.6 is 11.6 Å². The largest absolute Gasteiger partial charge is 0.497 e. The van der Waals surface area contributed by atoms with Gasteiger partial charge in [-0.15, -0.1) is 0 Å². The van der Waals surface area contributed by atoms with E-state index in [4.69, 9.17) is 21.1 Å². The number of pyridine rings is 1. The summed E-state index contributed by atoms with van der Waals surface area (Å²) in [5, 5.41) is 1.89. The number of methoxy groups -OCH3 is 1. The minimum atomic E-state index is 0.389. The Morgan fingerprint density at radius 1 is 1.00 bits per heavy atom. The van der Waals surface area contributed by atoms with Crippen molar-refractivity contribution in [1.82, 2.24) is 9.55 Å². The zero-order valence-corrected chi connectivity index (χ0v) is 17.5. The molecular weight excluding hydrogens is 384 g/mol. The molecule has 2 heterocycles. The minimum Gasteiger partial charge on any atom is -0.497 e. The molecule has 29 heavy (non-hydrogen) atoms. The molecule has 2 aromatic heterocycles. The highest BCUT2D eigenvalue weighted by molar-refractivity contribution is 6.30. The highest BCUT2D eigenvalue weighted by Crippen LogP contribution is 2.29. The van der Waals surface area contributed by atoms with Crippen LogP contribution in [-0.2, 0) is 13.2 Å². The Balaban J connectivity index is 1.71. The fourth-order valence-corrected chi connectivity index (χ4v) is 3.73. The number of aryl methyl sites for hydroxylation is 1. The lowest BCUT2D eigenvalue weighted by molar-refractivity contribution is 0.302. The van der Waals surface area contributed by atoms with E-state index in [0.717, 1.165) is 29.3 Å². The molecule has 0 amide bonds. The van der Waals surface area contributed by atoms with E-state index in [0.29, 0.717) is 11.6 Å². The van der Waals surface area contributed by atoms with Crippen molar-refractivity contribution in [1.29, 1.82) is 0 Å². The Labute approximate surface area is 175 Å². The first-order valence-corrected chi connectivity index (χ1v) is 9.89. The lowest BCUT2D eigenvalue weighted by Gasteiger charge is -2.13. The van der Waals surface area contributed by atoms with Crippen LogP contribution in [0.2, 0.25) is 5.02 Å². The monoisotopic (exact) mass is 406 g/mol. The molecule has 0 aliphatic rings. The molecule has 2 aromatic carbocycles. The Kier molecular flexibility index (Phi) is 5.45. The van der Waals surface area contributed by atoms with Crippen molar-refractivity contribution in [2.75, 3.05) is 7.11 Å². The summed E-state index contributed by atoms with van der Waals surface area (Å²) in [7, 11) is 1.69. The highest BCUT2D eigenvalue weighted by Gasteiger charge is 2.16. The molecule has 0 spiro atoms. The number of nitrogens with zero attached hydrogens (tertiary/aromatic N) is 2. The van der Waals surface area contributed by atoms with Gasteiger partial charge in [0.1, 0.15) is 23.8 Å². The SMILES string of the molecule is COc1cccc(Cn2c(C)c(C)c3ccnc(COc4ccc(Cl)cc4)c32)c1. The standard InChI is InChI=1S/C24H23ClN2O2/c1-16-17(2)27(14-18-5-4-6-21(13-18)28-3)24-22(16)11-12-26-23(24)15-29-20-9-7-19(25)8-10-20/h4-13H,14-15H2,1-3H3. The number of rotatable bonds is 6. The molecule has 4 aromatic rings. The molecule has 0 N–H and O–H groups in total. The molecule has 0 aliphatic carbocycles. The third kappa shape index (κ3) is 3.94. The molecule has 0 aliphatic heterocycles. The van der Waals surface area contributed by atoms with Crippen molar-refractivity contribution in [3.05, 3.63) is 88.3 Å². The third-order valence-electron chi connectivity index (χ3n) is 5.29. The fourth-order valence-electron chi connectivity index (χ4n) is 3.61. The highest BCUT2D eigenvalue weighted by atomic mass is 35.5. The Hall–Kier alpha value is -2.98. The molecule has 0 unspecified atom stereocenters. The lowest BCUT2D eigenvalue weighted by Crippen LogP contribution is -2.06. The van der Waals surface area contributed by atoms with E-state index in [1.807, 2.05) is 42.6 Å². The Morgan fingerprint density at radius 2 is 1.79 bits per heavy atom. The normalized spacial score (nSPS) is 11.0. The molecule has 0 fully saturated rings. The molecule has 148 valence electrons. The number of aromatic nitrogens is 2. The maximum absolute atomic E-state index is 5.99. The van der Waals surface area contributed by atoms with Gasteiger partial charge in [-0.3, -0.25) is 4.98 Å². The number of benzene rings is 2. The predicted octanol–water partition coefficient (Wildman–Crippen LogP) is 5.94. The van der Waals surface area contributed by atoms with Gasteiger partial charge in [-0.05, 0) is 67.4 Å². The first-order valence-electron chi connectivity index (χ1n) is 9.51. The number of hydrogen-bond acceptors (Lipinski definition) is 3. The molecule has 0 saturated carbocycles. The fraction of sp³-hybridized carbons (Fsp3) is 0.208. The zero-order chi connectivity index (χ0) is 20.4. The minimum absolute atomic E-state index is 0.389. The van der Waals surface area contributed by atoms with Crippen LogP contribution in [0.25, 0.3) is 10.9 Å². The van der Waals surface area contributed by atoms with Crippen molar-refractivity contribution < 1.29 is 9.47 Å². The van der Waals surface area contributed by atoms with Crippen molar-refractivity contribution >= 4 is 22.5 Å². The van der Waals surface area contributed by atoms with Gasteiger partial charge in [0, 0.05) is 28.8 Å². The molecule has 4 nitrogen and oxygen atoms in total. The number of ether oxygens (including phenoxy) is 2. The van der Waals surface area contributed by atoms with Gasteiger partial charge in [-0.25, -0.2) is 0 Å². The van der Waals surface area contributed by atoms with Crippen LogP contribution < -0.4 is 9.47 Å². The van der Waals surface area contributed by atoms with Gasteiger partial charge in [-0.2, -0.15) is 0 Å². The molecule has 0 bridgehead atoms. The van der Waals surface area contributed by atoms with E-state index in [9.17, 15) is 0 Å². The van der Waals surface area contributed by atoms with Crippen molar-refractivity contribution in [2.45, 2.75) is 27.0 Å². The summed E-state index contributed by atoms with van der Waals surface area (Å²) in [6.45, 7) is 5.44. The summed E-state index contributed by atoms with van der Waals surface area (Å²) in [5.41, 5.74) is 5.69. The van der Waals surface area contributed by atoms with Crippen molar-refractivity contribution in [3.63, 3.8) is 0 Å². The maximum atomic E-state index is 5.99. The summed E-state index contributed by atoms with van der Waals surface area (Å²) >= 11 is 5.97. The van der Waals surface area contributed by atoms with E-state index in [1.165, 1.54) is 22.2 Å². The van der Waals surface area contributed by atoms with Crippen LogP contribution in [-0.4, -0.2) is 16.7 Å². The van der Waals surface area contributed by atoms with Gasteiger partial charge < -0.3 is 14.0 Å². The molecule has 0 atom stereocenters. The average molecular weight is 407 g/mol. The molecular formula is C24H23ClN2O2. The van der Waals surface area contributed by atoms with Gasteiger partial charge in [0.25, 0.3) is 0 Å².